The summed E-state index contributed by atoms with van der Waals surface area (Å²) in [6.45, 7) is 2.12. The first-order chi connectivity index (χ1) is 20.3. The molecule has 0 saturated carbocycles. The zero-order chi connectivity index (χ0) is 29.4. The van der Waals surface area contributed by atoms with Crippen LogP contribution in [0.4, 0.5) is 13.2 Å². The smallest absolute Gasteiger partial charge is 0.176 e. The average Bonchev–Trinajstić information content (AvgIpc) is 3.60. The van der Waals surface area contributed by atoms with Crippen molar-refractivity contribution >= 4 is 29.0 Å². The minimum absolute atomic E-state index is 0.330. The van der Waals surface area contributed by atoms with E-state index in [0.717, 1.165) is 42.4 Å². The lowest BCUT2D eigenvalue weighted by molar-refractivity contribution is 0.0926. The number of hydrogen-bond acceptors (Lipinski definition) is 1. The second-order valence-corrected chi connectivity index (χ2v) is 11.6. The number of halogens is 4. The Morgan fingerprint density at radius 2 is 1.64 bits per heavy atom. The van der Waals surface area contributed by atoms with Crippen LogP contribution in [0.1, 0.15) is 69.4 Å². The zero-order valence-electron chi connectivity index (χ0n) is 23.3. The highest BCUT2D eigenvalue weighted by molar-refractivity contribution is 6.30. The third-order valence-corrected chi connectivity index (χ3v) is 8.90. The lowest BCUT2D eigenvalue weighted by atomic mass is 9.78. The van der Waals surface area contributed by atoms with Crippen molar-refractivity contribution in [2.45, 2.75) is 44.9 Å². The standard InChI is InChI=1S/C37H30ClF3O/c1-2-23-8-5-9-31(30(23)15-10-22-16-25-6-3-4-7-26(25)17-22)32-18-27(24-11-13-28(38)14-12-24)19-33(32)37(42)36-34(40)20-29(39)21-35(36)41/h3-9,11-14,16,19-21,32-33H,2,10,15,17-18H2,1H3. The minimum Gasteiger partial charge on any atom is -0.293 e. The van der Waals surface area contributed by atoms with Crippen LogP contribution in [0.15, 0.2) is 90.5 Å². The van der Waals surface area contributed by atoms with Crippen LogP contribution in [0.2, 0.25) is 5.02 Å². The van der Waals surface area contributed by atoms with Crippen molar-refractivity contribution in [2.75, 3.05) is 0 Å². The molecular weight excluding hydrogens is 553 g/mol. The van der Waals surface area contributed by atoms with Gasteiger partial charge in [0.2, 0.25) is 0 Å². The first-order valence-corrected chi connectivity index (χ1v) is 14.7. The summed E-state index contributed by atoms with van der Waals surface area (Å²) in [5, 5.41) is 0.596. The second-order valence-electron chi connectivity index (χ2n) is 11.2. The molecule has 0 heterocycles. The maximum absolute atomic E-state index is 14.9. The highest BCUT2D eigenvalue weighted by atomic mass is 35.5. The highest BCUT2D eigenvalue weighted by Crippen LogP contribution is 2.46. The Balaban J connectivity index is 1.38. The van der Waals surface area contributed by atoms with Crippen LogP contribution in [0.5, 0.6) is 0 Å². The molecule has 4 aromatic rings. The molecule has 0 fully saturated rings. The van der Waals surface area contributed by atoms with Crippen molar-refractivity contribution in [3.8, 4) is 0 Å². The Morgan fingerprint density at radius 1 is 0.905 bits per heavy atom. The molecule has 1 nitrogen and oxygen atoms in total. The van der Waals surface area contributed by atoms with Gasteiger partial charge >= 0.3 is 0 Å². The molecule has 0 amide bonds. The molecule has 42 heavy (non-hydrogen) atoms. The fraction of sp³-hybridized carbons (Fsp3) is 0.216. The lowest BCUT2D eigenvalue weighted by Gasteiger charge is -2.24. The molecule has 0 saturated heterocycles. The van der Waals surface area contributed by atoms with Gasteiger partial charge in [-0.1, -0.05) is 90.8 Å². The highest BCUT2D eigenvalue weighted by Gasteiger charge is 2.38. The van der Waals surface area contributed by atoms with E-state index in [9.17, 15) is 18.0 Å². The molecule has 5 heteroatoms. The maximum Gasteiger partial charge on any atom is 0.176 e. The molecule has 2 aliphatic carbocycles. The lowest BCUT2D eigenvalue weighted by Crippen LogP contribution is -2.22. The summed E-state index contributed by atoms with van der Waals surface area (Å²) in [4.78, 5) is 13.9. The number of Topliss-reactive ketones (excluding diaryl/α,β-unsaturated/α-hetero) is 1. The van der Waals surface area contributed by atoms with Gasteiger partial charge in [-0.2, -0.15) is 0 Å². The third-order valence-electron chi connectivity index (χ3n) is 8.64. The van der Waals surface area contributed by atoms with Gasteiger partial charge in [0, 0.05) is 29.0 Å². The van der Waals surface area contributed by atoms with Gasteiger partial charge in [-0.15, -0.1) is 0 Å². The Bertz CT molecular complexity index is 1710. The van der Waals surface area contributed by atoms with E-state index < -0.39 is 34.7 Å². The minimum atomic E-state index is -1.18. The Kier molecular flexibility index (Phi) is 7.92. The first kappa shape index (κ1) is 28.2. The molecule has 0 aliphatic heterocycles. The van der Waals surface area contributed by atoms with Gasteiger partial charge in [0.05, 0.1) is 5.56 Å². The molecule has 0 aromatic heterocycles. The normalized spacial score (nSPS) is 17.6. The predicted molar refractivity (Wildman–Crippen MR) is 163 cm³/mol. The number of carbonyl (C=O) groups excluding carboxylic acids is 1. The van der Waals surface area contributed by atoms with E-state index in [2.05, 4.69) is 43.3 Å². The maximum atomic E-state index is 14.9. The van der Waals surface area contributed by atoms with E-state index >= 15 is 0 Å². The van der Waals surface area contributed by atoms with Crippen molar-refractivity contribution in [2.24, 2.45) is 5.92 Å². The monoisotopic (exact) mass is 582 g/mol. The van der Waals surface area contributed by atoms with E-state index in [1.165, 1.54) is 27.8 Å². The number of hydrogen-bond donors (Lipinski definition) is 0. The summed E-state index contributed by atoms with van der Waals surface area (Å²) in [5.41, 5.74) is 8.49. The SMILES string of the molecule is CCc1cccc(C2CC(c3ccc(Cl)cc3)=CC2C(=O)c2c(F)cc(F)cc2F)c1CCC1=Cc2ccccc2C1. The van der Waals surface area contributed by atoms with Gasteiger partial charge in [0.1, 0.15) is 17.5 Å². The van der Waals surface area contributed by atoms with Crippen LogP contribution >= 0.6 is 11.6 Å². The van der Waals surface area contributed by atoms with E-state index in [4.69, 9.17) is 11.6 Å². The molecule has 2 unspecified atom stereocenters. The van der Waals surface area contributed by atoms with E-state index in [-0.39, 0.29) is 5.92 Å². The van der Waals surface area contributed by atoms with Crippen LogP contribution in [-0.2, 0) is 19.3 Å². The van der Waals surface area contributed by atoms with Gasteiger partial charge < -0.3 is 0 Å². The molecular formula is C37H30ClF3O. The number of rotatable bonds is 8. The van der Waals surface area contributed by atoms with Crippen LogP contribution < -0.4 is 0 Å². The molecule has 0 spiro atoms. The molecule has 2 atom stereocenters. The fourth-order valence-electron chi connectivity index (χ4n) is 6.58. The topological polar surface area (TPSA) is 17.1 Å². The predicted octanol–water partition coefficient (Wildman–Crippen LogP) is 9.96. The second kappa shape index (κ2) is 11.8. The zero-order valence-corrected chi connectivity index (χ0v) is 24.0. The quantitative estimate of drug-likeness (QED) is 0.189. The van der Waals surface area contributed by atoms with Crippen molar-refractivity contribution in [3.63, 3.8) is 0 Å². The van der Waals surface area contributed by atoms with Crippen LogP contribution in [-0.4, -0.2) is 5.78 Å². The molecule has 2 aliphatic rings. The first-order valence-electron chi connectivity index (χ1n) is 14.4. The summed E-state index contributed by atoms with van der Waals surface area (Å²) in [6.07, 6.45) is 8.05. The van der Waals surface area contributed by atoms with Crippen molar-refractivity contribution in [1.82, 2.24) is 0 Å². The number of aryl methyl sites for hydroxylation is 1. The Morgan fingerprint density at radius 3 is 2.36 bits per heavy atom. The summed E-state index contributed by atoms with van der Waals surface area (Å²) in [6, 6.07) is 23.1. The molecule has 0 radical (unpaired) electrons. The Labute approximate surface area is 249 Å². The summed E-state index contributed by atoms with van der Waals surface area (Å²) >= 11 is 6.13. The van der Waals surface area contributed by atoms with E-state index in [1.54, 1.807) is 12.1 Å². The van der Waals surface area contributed by atoms with Gasteiger partial charge in [-0.05, 0) is 83.2 Å². The number of benzene rings is 4. The molecule has 0 bridgehead atoms. The van der Waals surface area contributed by atoms with Crippen LogP contribution in [0.3, 0.4) is 0 Å². The molecule has 6 rings (SSSR count). The van der Waals surface area contributed by atoms with E-state index in [1.807, 2.05) is 30.3 Å². The molecule has 212 valence electrons. The largest absolute Gasteiger partial charge is 0.293 e. The molecule has 4 aromatic carbocycles. The van der Waals surface area contributed by atoms with Gasteiger partial charge in [0.25, 0.3) is 0 Å². The Hall–Kier alpha value is -3.89. The number of fused-ring (bicyclic) bond motifs is 1. The third kappa shape index (κ3) is 5.48. The summed E-state index contributed by atoms with van der Waals surface area (Å²) in [5.74, 6) is -5.24. The van der Waals surface area contributed by atoms with Gasteiger partial charge in [-0.25, -0.2) is 13.2 Å². The fourth-order valence-corrected chi connectivity index (χ4v) is 6.71. The average molecular weight is 583 g/mol. The van der Waals surface area contributed by atoms with Crippen molar-refractivity contribution < 1.29 is 18.0 Å². The number of carbonyl (C=O) groups is 1. The van der Waals surface area contributed by atoms with E-state index in [0.29, 0.717) is 23.6 Å². The molecule has 0 N–H and O–H groups in total. The number of allylic oxidation sites excluding steroid dienone is 3. The van der Waals surface area contributed by atoms with Crippen LogP contribution in [0.25, 0.3) is 11.6 Å². The summed E-state index contributed by atoms with van der Waals surface area (Å²) < 4.78 is 43.5. The van der Waals surface area contributed by atoms with Crippen molar-refractivity contribution in [3.05, 3.63) is 152 Å². The van der Waals surface area contributed by atoms with Gasteiger partial charge in [0.15, 0.2) is 5.78 Å². The summed E-state index contributed by atoms with van der Waals surface area (Å²) in [7, 11) is 0. The van der Waals surface area contributed by atoms with Crippen LogP contribution in [0, 0.1) is 23.4 Å². The van der Waals surface area contributed by atoms with Gasteiger partial charge in [-0.3, -0.25) is 4.79 Å². The van der Waals surface area contributed by atoms with Crippen molar-refractivity contribution in [1.29, 1.82) is 0 Å². The number of ketones is 1.